The molecule has 2 amide bonds. The van der Waals surface area contributed by atoms with E-state index in [1.807, 2.05) is 0 Å². The van der Waals surface area contributed by atoms with E-state index in [1.165, 1.54) is 18.2 Å². The lowest BCUT2D eigenvalue weighted by atomic mass is 10.2. The van der Waals surface area contributed by atoms with Crippen molar-refractivity contribution in [2.75, 3.05) is 16.3 Å². The molecular formula is C21H16ClF3N4O3S. The molecule has 0 saturated heterocycles. The molecule has 0 radical (unpaired) electrons. The highest BCUT2D eigenvalue weighted by Gasteiger charge is 2.49. The summed E-state index contributed by atoms with van der Waals surface area (Å²) in [6, 6.07) is 12.8. The number of hydrogen-bond donors (Lipinski definition) is 0. The molecule has 33 heavy (non-hydrogen) atoms. The second-order valence-electron chi connectivity index (χ2n) is 7.25. The lowest BCUT2D eigenvalue weighted by molar-refractivity contribution is -0.118. The molecule has 1 aliphatic heterocycles. The number of urea groups is 1. The van der Waals surface area contributed by atoms with Gasteiger partial charge in [-0.2, -0.15) is 13.2 Å². The van der Waals surface area contributed by atoms with Crippen molar-refractivity contribution in [1.29, 1.82) is 0 Å². The third-order valence-electron chi connectivity index (χ3n) is 4.91. The monoisotopic (exact) mass is 496 g/mol. The fourth-order valence-corrected chi connectivity index (χ4v) is 5.75. The molecule has 0 spiro atoms. The number of carbonyl (C=O) groups excluding carboxylic acids is 1. The third-order valence-corrected chi connectivity index (χ3v) is 7.11. The number of fused-ring (bicyclic) bond motifs is 1. The minimum absolute atomic E-state index is 0.00183. The number of carbonyl (C=O) groups is 1. The van der Waals surface area contributed by atoms with Crippen molar-refractivity contribution in [2.45, 2.75) is 17.3 Å². The molecule has 1 atom stereocenters. The van der Waals surface area contributed by atoms with Crippen molar-refractivity contribution in [3.8, 4) is 0 Å². The molecule has 2 heterocycles. The maximum Gasteiger partial charge on any atom is 0.406 e. The number of halogens is 4. The molecule has 2 aromatic carbocycles. The summed E-state index contributed by atoms with van der Waals surface area (Å²) in [6.07, 6.45) is -2.70. The number of amides is 2. The molecule has 0 aliphatic carbocycles. The molecule has 0 fully saturated rings. The summed E-state index contributed by atoms with van der Waals surface area (Å²) >= 11 is 6.25. The summed E-state index contributed by atoms with van der Waals surface area (Å²) < 4.78 is 67.2. The molecule has 1 aliphatic rings. The van der Waals surface area contributed by atoms with Gasteiger partial charge in [-0.05, 0) is 17.7 Å². The van der Waals surface area contributed by atoms with Gasteiger partial charge in [-0.1, -0.05) is 54.1 Å². The van der Waals surface area contributed by atoms with Crippen LogP contribution in [0, 0.1) is 0 Å². The summed E-state index contributed by atoms with van der Waals surface area (Å²) in [4.78, 5) is 22.2. The van der Waals surface area contributed by atoms with Gasteiger partial charge in [0.25, 0.3) is 0 Å². The van der Waals surface area contributed by atoms with Crippen LogP contribution in [0.3, 0.4) is 0 Å². The van der Waals surface area contributed by atoms with E-state index in [9.17, 15) is 26.4 Å². The van der Waals surface area contributed by atoms with Gasteiger partial charge >= 0.3 is 12.2 Å². The highest BCUT2D eigenvalue weighted by molar-refractivity contribution is 7.91. The van der Waals surface area contributed by atoms with E-state index in [2.05, 4.69) is 9.97 Å². The SMILES string of the molecule is O=C1N(CC(F)(F)F)c2ncncc2C(S(=O)(=O)Cc2ccccc2)N1c1ccccc1Cl. The maximum atomic E-state index is 13.6. The van der Waals surface area contributed by atoms with Crippen LogP contribution in [-0.4, -0.2) is 37.1 Å². The number of benzene rings is 2. The van der Waals surface area contributed by atoms with Gasteiger partial charge < -0.3 is 0 Å². The zero-order valence-corrected chi connectivity index (χ0v) is 18.3. The topological polar surface area (TPSA) is 83.5 Å². The van der Waals surface area contributed by atoms with Gasteiger partial charge in [0.15, 0.2) is 15.2 Å². The second-order valence-corrected chi connectivity index (χ2v) is 9.72. The Labute approximate surface area is 192 Å². The van der Waals surface area contributed by atoms with E-state index in [-0.39, 0.29) is 16.3 Å². The van der Waals surface area contributed by atoms with E-state index in [0.717, 1.165) is 17.4 Å². The molecule has 7 nitrogen and oxygen atoms in total. The largest absolute Gasteiger partial charge is 0.406 e. The summed E-state index contributed by atoms with van der Waals surface area (Å²) in [5.74, 6) is -0.891. The van der Waals surface area contributed by atoms with Crippen LogP contribution >= 0.6 is 11.6 Å². The lowest BCUT2D eigenvalue weighted by Crippen LogP contribution is -2.54. The number of alkyl halides is 3. The molecule has 3 aromatic rings. The molecule has 1 unspecified atom stereocenters. The van der Waals surface area contributed by atoms with E-state index >= 15 is 0 Å². The Morgan fingerprint density at radius 3 is 2.36 bits per heavy atom. The van der Waals surface area contributed by atoms with Crippen molar-refractivity contribution in [1.82, 2.24) is 9.97 Å². The molecule has 12 heteroatoms. The van der Waals surface area contributed by atoms with Crippen molar-refractivity contribution in [2.24, 2.45) is 0 Å². The molecular weight excluding hydrogens is 481 g/mol. The first-order chi connectivity index (χ1) is 15.6. The minimum Gasteiger partial charge on any atom is -0.270 e. The number of sulfone groups is 1. The number of nitrogens with zero attached hydrogens (tertiary/aromatic N) is 4. The predicted octanol–water partition coefficient (Wildman–Crippen LogP) is 4.75. The van der Waals surface area contributed by atoms with Crippen LogP contribution in [0.25, 0.3) is 0 Å². The Kier molecular flexibility index (Phi) is 6.02. The van der Waals surface area contributed by atoms with Crippen molar-refractivity contribution in [3.05, 3.63) is 83.3 Å². The van der Waals surface area contributed by atoms with Crippen molar-refractivity contribution >= 4 is 39.0 Å². The van der Waals surface area contributed by atoms with Gasteiger partial charge in [0.1, 0.15) is 18.7 Å². The fraction of sp³-hybridized carbons (Fsp3) is 0.190. The fourth-order valence-electron chi connectivity index (χ4n) is 3.63. The Morgan fingerprint density at radius 1 is 1.03 bits per heavy atom. The molecule has 4 rings (SSSR count). The first kappa shape index (κ1) is 23.0. The Morgan fingerprint density at radius 2 is 1.70 bits per heavy atom. The average Bonchev–Trinajstić information content (AvgIpc) is 2.75. The highest BCUT2D eigenvalue weighted by atomic mass is 35.5. The number of hydrogen-bond acceptors (Lipinski definition) is 5. The second kappa shape index (κ2) is 8.64. The Bertz CT molecular complexity index is 1290. The van der Waals surface area contributed by atoms with Gasteiger partial charge in [-0.25, -0.2) is 23.2 Å². The molecule has 172 valence electrons. The van der Waals surface area contributed by atoms with Gasteiger partial charge in [0.2, 0.25) is 0 Å². The van der Waals surface area contributed by atoms with Crippen molar-refractivity contribution < 1.29 is 26.4 Å². The highest BCUT2D eigenvalue weighted by Crippen LogP contribution is 2.44. The predicted molar refractivity (Wildman–Crippen MR) is 117 cm³/mol. The van der Waals surface area contributed by atoms with Crippen LogP contribution in [0.5, 0.6) is 0 Å². The van der Waals surface area contributed by atoms with Crippen LogP contribution in [0.15, 0.2) is 67.1 Å². The van der Waals surface area contributed by atoms with E-state index < -0.39 is 45.5 Å². The number of rotatable bonds is 5. The van der Waals surface area contributed by atoms with Gasteiger partial charge in [0.05, 0.1) is 22.0 Å². The van der Waals surface area contributed by atoms with Gasteiger partial charge in [-0.3, -0.25) is 9.80 Å². The first-order valence-electron chi connectivity index (χ1n) is 9.56. The van der Waals surface area contributed by atoms with Crippen LogP contribution < -0.4 is 9.80 Å². The number of anilines is 2. The minimum atomic E-state index is -4.76. The first-order valence-corrected chi connectivity index (χ1v) is 11.7. The zero-order valence-electron chi connectivity index (χ0n) is 16.8. The summed E-state index contributed by atoms with van der Waals surface area (Å²) in [5.41, 5.74) is 0.241. The summed E-state index contributed by atoms with van der Waals surface area (Å²) in [6.45, 7) is -1.66. The summed E-state index contributed by atoms with van der Waals surface area (Å²) in [5, 5.41) is -1.69. The van der Waals surface area contributed by atoms with E-state index in [4.69, 9.17) is 11.6 Å². The zero-order chi connectivity index (χ0) is 23.8. The lowest BCUT2D eigenvalue weighted by Gasteiger charge is -2.41. The molecule has 0 saturated carbocycles. The van der Waals surface area contributed by atoms with Crippen LogP contribution in [0.1, 0.15) is 16.5 Å². The van der Waals surface area contributed by atoms with Gasteiger partial charge in [0, 0.05) is 6.20 Å². The molecule has 0 N–H and O–H groups in total. The Hall–Kier alpha value is -3.18. The smallest absolute Gasteiger partial charge is 0.270 e. The van der Waals surface area contributed by atoms with E-state index in [1.54, 1.807) is 36.4 Å². The Balaban J connectivity index is 1.93. The standard InChI is InChI=1S/C21H16ClF3N4O3S/c22-16-8-4-5-9-17(16)29-19(33(31,32)11-14-6-2-1-3-7-14)15-10-26-13-27-18(15)28(20(29)30)12-21(23,24)25/h1-10,13,19H,11-12H2. The molecule has 1 aromatic heterocycles. The number of aromatic nitrogens is 2. The third kappa shape index (κ3) is 4.64. The quantitative estimate of drug-likeness (QED) is 0.509. The molecule has 0 bridgehead atoms. The normalized spacial score (nSPS) is 16.6. The average molecular weight is 497 g/mol. The van der Waals surface area contributed by atoms with Crippen LogP contribution in [-0.2, 0) is 15.6 Å². The summed E-state index contributed by atoms with van der Waals surface area (Å²) in [7, 11) is -4.21. The van der Waals surface area contributed by atoms with Crippen molar-refractivity contribution in [3.63, 3.8) is 0 Å². The van der Waals surface area contributed by atoms with Crippen LogP contribution in [0.4, 0.5) is 29.5 Å². The maximum absolute atomic E-state index is 13.6. The number of para-hydroxylation sites is 1. The van der Waals surface area contributed by atoms with Crippen LogP contribution in [0.2, 0.25) is 5.02 Å². The van der Waals surface area contributed by atoms with E-state index in [0.29, 0.717) is 10.5 Å². The van der Waals surface area contributed by atoms with Gasteiger partial charge in [-0.15, -0.1) is 0 Å².